The molecule has 6 N–H and O–H groups in total. The minimum atomic E-state index is -4.76. The number of methoxy groups -OCH3 is 2. The van der Waals surface area contributed by atoms with Crippen molar-refractivity contribution in [3.63, 3.8) is 0 Å². The summed E-state index contributed by atoms with van der Waals surface area (Å²) < 4.78 is 30.9. The van der Waals surface area contributed by atoms with E-state index in [1.807, 2.05) is 0 Å². The van der Waals surface area contributed by atoms with E-state index in [4.69, 9.17) is 9.47 Å². The minimum absolute atomic E-state index is 0.0782. The van der Waals surface area contributed by atoms with Crippen LogP contribution in [0.2, 0.25) is 0 Å². The normalized spacial score (nSPS) is 39.0. The fourth-order valence-corrected chi connectivity index (χ4v) is 3.03. The van der Waals surface area contributed by atoms with Crippen LogP contribution in [0.1, 0.15) is 0 Å². The largest absolute Gasteiger partial charge is 0.472 e. The standard InChI is InChI=1S/C11H23O11P/c1-19-3-5(20-2)4-21-23(17,18)22-11-9(15)7(13)6(12)8(14)10(11)16/h5-16H,3-4H2,1-2H3,(H,17,18)/t5?,6?,7-,8+,9-,10-,11?/m1/s1. The van der Waals surface area contributed by atoms with E-state index >= 15 is 0 Å². The van der Waals surface area contributed by atoms with E-state index in [1.165, 1.54) is 14.2 Å². The third kappa shape index (κ3) is 5.41. The van der Waals surface area contributed by atoms with Gasteiger partial charge in [0.05, 0.1) is 13.2 Å². The molecule has 1 aliphatic rings. The Bertz CT molecular complexity index is 391. The average Bonchev–Trinajstić information content (AvgIpc) is 2.51. The lowest BCUT2D eigenvalue weighted by Crippen LogP contribution is -2.64. The van der Waals surface area contributed by atoms with E-state index in [-0.39, 0.29) is 13.2 Å². The SMILES string of the molecule is COCC(COP(=O)(O)OC1[C@H](O)[C@H](O)C(O)[C@H](O)[C@H]1O)OC. The molecule has 0 spiro atoms. The first kappa shape index (κ1) is 20.9. The Hall–Kier alpha value is -0.170. The van der Waals surface area contributed by atoms with Gasteiger partial charge in [0.25, 0.3) is 0 Å². The molecule has 1 rings (SSSR count). The monoisotopic (exact) mass is 362 g/mol. The van der Waals surface area contributed by atoms with Crippen molar-refractivity contribution < 1.29 is 53.5 Å². The van der Waals surface area contributed by atoms with Crippen molar-refractivity contribution in [2.24, 2.45) is 0 Å². The first-order chi connectivity index (χ1) is 10.6. The van der Waals surface area contributed by atoms with Crippen LogP contribution in [0, 0.1) is 0 Å². The van der Waals surface area contributed by atoms with Crippen LogP contribution in [-0.4, -0.2) is 101 Å². The summed E-state index contributed by atoms with van der Waals surface area (Å²) in [7, 11) is -2.03. The lowest BCUT2D eigenvalue weighted by atomic mass is 9.85. The molecule has 12 heteroatoms. The van der Waals surface area contributed by atoms with E-state index in [2.05, 4.69) is 9.05 Å². The van der Waals surface area contributed by atoms with Crippen molar-refractivity contribution in [2.45, 2.75) is 42.7 Å². The van der Waals surface area contributed by atoms with E-state index in [1.54, 1.807) is 0 Å². The lowest BCUT2D eigenvalue weighted by molar-refractivity contribution is -0.220. The second kappa shape index (κ2) is 8.79. The first-order valence-corrected chi connectivity index (χ1v) is 8.22. The van der Waals surface area contributed by atoms with Gasteiger partial charge in [-0.15, -0.1) is 0 Å². The molecule has 4 unspecified atom stereocenters. The molecule has 11 nitrogen and oxygen atoms in total. The summed E-state index contributed by atoms with van der Waals surface area (Å²) >= 11 is 0. The molecular weight excluding hydrogens is 339 g/mol. The first-order valence-electron chi connectivity index (χ1n) is 6.72. The van der Waals surface area contributed by atoms with Crippen LogP contribution in [0.15, 0.2) is 0 Å². The Morgan fingerprint density at radius 3 is 1.83 bits per heavy atom. The molecule has 23 heavy (non-hydrogen) atoms. The number of phosphoric acid groups is 1. The quantitative estimate of drug-likeness (QED) is 0.242. The molecule has 0 aromatic rings. The maximum absolute atomic E-state index is 11.9. The second-order valence-electron chi connectivity index (χ2n) is 5.10. The predicted octanol–water partition coefficient (Wildman–Crippen LogP) is -3.03. The summed E-state index contributed by atoms with van der Waals surface area (Å²) in [4.78, 5) is 9.62. The molecule has 0 aliphatic heterocycles. The van der Waals surface area contributed by atoms with Crippen molar-refractivity contribution >= 4 is 7.82 Å². The molecule has 0 aromatic carbocycles. The van der Waals surface area contributed by atoms with Crippen molar-refractivity contribution in [1.29, 1.82) is 0 Å². The molecule has 1 aliphatic carbocycles. The number of aliphatic hydroxyl groups is 5. The highest BCUT2D eigenvalue weighted by Gasteiger charge is 2.51. The summed E-state index contributed by atoms with van der Waals surface area (Å²) in [6, 6.07) is 0. The zero-order valence-corrected chi connectivity index (χ0v) is 13.5. The number of aliphatic hydroxyl groups excluding tert-OH is 5. The lowest BCUT2D eigenvalue weighted by Gasteiger charge is -2.41. The van der Waals surface area contributed by atoms with Crippen LogP contribution in [-0.2, 0) is 23.1 Å². The van der Waals surface area contributed by atoms with E-state index in [0.29, 0.717) is 0 Å². The molecule has 0 saturated heterocycles. The predicted molar refractivity (Wildman–Crippen MR) is 73.4 cm³/mol. The molecule has 1 saturated carbocycles. The maximum atomic E-state index is 11.9. The number of hydrogen-bond donors (Lipinski definition) is 6. The van der Waals surface area contributed by atoms with Crippen LogP contribution < -0.4 is 0 Å². The van der Waals surface area contributed by atoms with Crippen molar-refractivity contribution in [3.8, 4) is 0 Å². The van der Waals surface area contributed by atoms with Gasteiger partial charge >= 0.3 is 7.82 Å². The Kier molecular flexibility index (Phi) is 7.98. The zero-order chi connectivity index (χ0) is 17.8. The number of phosphoric ester groups is 1. The van der Waals surface area contributed by atoms with Gasteiger partial charge in [-0.25, -0.2) is 4.57 Å². The van der Waals surface area contributed by atoms with Gasteiger partial charge in [-0.3, -0.25) is 9.05 Å². The number of rotatable bonds is 8. The highest BCUT2D eigenvalue weighted by Crippen LogP contribution is 2.47. The zero-order valence-electron chi connectivity index (χ0n) is 12.6. The highest BCUT2D eigenvalue weighted by atomic mass is 31.2. The second-order valence-corrected chi connectivity index (χ2v) is 6.51. The van der Waals surface area contributed by atoms with Crippen molar-refractivity contribution in [2.75, 3.05) is 27.4 Å². The summed E-state index contributed by atoms with van der Waals surface area (Å²) in [5.74, 6) is 0. The summed E-state index contributed by atoms with van der Waals surface area (Å²) in [6.07, 6.45) is -11.9. The molecule has 1 fully saturated rings. The molecular formula is C11H23O11P. The summed E-state index contributed by atoms with van der Waals surface area (Å²) in [5.41, 5.74) is 0. The average molecular weight is 362 g/mol. The van der Waals surface area contributed by atoms with E-state index < -0.39 is 50.6 Å². The maximum Gasteiger partial charge on any atom is 0.472 e. The van der Waals surface area contributed by atoms with Gasteiger partial charge in [-0.2, -0.15) is 0 Å². The molecule has 0 radical (unpaired) electrons. The topological polar surface area (TPSA) is 175 Å². The van der Waals surface area contributed by atoms with Gasteiger partial charge in [0.1, 0.15) is 42.7 Å². The summed E-state index contributed by atoms with van der Waals surface area (Å²) in [5, 5.41) is 47.9. The van der Waals surface area contributed by atoms with Gasteiger partial charge in [0.2, 0.25) is 0 Å². The summed E-state index contributed by atoms with van der Waals surface area (Å²) in [6.45, 7) is -0.306. The Labute approximate surface area is 132 Å². The smallest absolute Gasteiger partial charge is 0.387 e. The van der Waals surface area contributed by atoms with Gasteiger partial charge in [0.15, 0.2) is 0 Å². The third-order valence-electron chi connectivity index (χ3n) is 3.44. The van der Waals surface area contributed by atoms with Gasteiger partial charge in [-0.1, -0.05) is 0 Å². The molecule has 0 heterocycles. The number of ether oxygens (including phenoxy) is 2. The Morgan fingerprint density at radius 1 is 0.913 bits per heavy atom. The number of hydrogen-bond acceptors (Lipinski definition) is 10. The molecule has 138 valence electrons. The van der Waals surface area contributed by atoms with Gasteiger partial charge < -0.3 is 39.9 Å². The van der Waals surface area contributed by atoms with Crippen LogP contribution in [0.5, 0.6) is 0 Å². The molecule has 0 amide bonds. The Balaban J connectivity index is 2.69. The highest BCUT2D eigenvalue weighted by molar-refractivity contribution is 7.47. The van der Waals surface area contributed by atoms with Gasteiger partial charge in [0, 0.05) is 14.2 Å². The van der Waals surface area contributed by atoms with Crippen molar-refractivity contribution in [1.82, 2.24) is 0 Å². The fourth-order valence-electron chi connectivity index (χ4n) is 2.05. The van der Waals surface area contributed by atoms with Crippen LogP contribution in [0.25, 0.3) is 0 Å². The molecule has 0 bridgehead atoms. The van der Waals surface area contributed by atoms with Crippen molar-refractivity contribution in [3.05, 3.63) is 0 Å². The Morgan fingerprint density at radius 2 is 1.39 bits per heavy atom. The van der Waals surface area contributed by atoms with Crippen LogP contribution in [0.4, 0.5) is 0 Å². The van der Waals surface area contributed by atoms with Crippen LogP contribution >= 0.6 is 7.82 Å². The van der Waals surface area contributed by atoms with E-state index in [0.717, 1.165) is 0 Å². The van der Waals surface area contributed by atoms with Gasteiger partial charge in [-0.05, 0) is 0 Å². The van der Waals surface area contributed by atoms with E-state index in [9.17, 15) is 35.0 Å². The fraction of sp³-hybridized carbons (Fsp3) is 1.00. The minimum Gasteiger partial charge on any atom is -0.387 e. The molecule has 0 aromatic heterocycles. The third-order valence-corrected chi connectivity index (χ3v) is 4.42. The van der Waals surface area contributed by atoms with Crippen LogP contribution in [0.3, 0.4) is 0 Å². The molecule has 8 atom stereocenters.